The summed E-state index contributed by atoms with van der Waals surface area (Å²) in [6.07, 6.45) is 2.29. The van der Waals surface area contributed by atoms with Gasteiger partial charge in [-0.25, -0.2) is 4.98 Å². The van der Waals surface area contributed by atoms with E-state index in [4.69, 9.17) is 16.6 Å². The molecule has 1 saturated carbocycles. The molecular weight excluding hydrogens is 482 g/mol. The zero-order valence-corrected chi connectivity index (χ0v) is 19.8. The maximum absolute atomic E-state index is 12.9. The Morgan fingerprint density at radius 2 is 2.00 bits per heavy atom. The lowest BCUT2D eigenvalue weighted by Crippen LogP contribution is -2.11. The molecule has 4 aromatic heterocycles. The Morgan fingerprint density at radius 3 is 2.78 bits per heavy atom. The maximum atomic E-state index is 12.9. The van der Waals surface area contributed by atoms with Crippen molar-refractivity contribution in [2.45, 2.75) is 29.8 Å². The lowest BCUT2D eigenvalue weighted by atomic mass is 10.1. The molecule has 1 aromatic carbocycles. The fourth-order valence-electron chi connectivity index (χ4n) is 3.68. The average Bonchev–Trinajstić information content (AvgIpc) is 3.19. The molecule has 1 fully saturated rings. The van der Waals surface area contributed by atoms with Gasteiger partial charge in [-0.2, -0.15) is 0 Å². The van der Waals surface area contributed by atoms with Gasteiger partial charge in [0.25, 0.3) is 5.56 Å². The fourth-order valence-corrected chi connectivity index (χ4v) is 6.46. The summed E-state index contributed by atoms with van der Waals surface area (Å²) in [6, 6.07) is 12.1. The number of thiophene rings is 2. The first-order valence-corrected chi connectivity index (χ1v) is 13.2. The van der Waals surface area contributed by atoms with Crippen LogP contribution in [0.4, 0.5) is 0 Å². The normalized spacial score (nSPS) is 13.8. The monoisotopic (exact) mass is 497 g/mol. The number of benzene rings is 1. The summed E-state index contributed by atoms with van der Waals surface area (Å²) in [5.74, 6) is 2.06. The van der Waals surface area contributed by atoms with Gasteiger partial charge in [0.1, 0.15) is 10.7 Å². The molecule has 32 heavy (non-hydrogen) atoms. The van der Waals surface area contributed by atoms with Crippen molar-refractivity contribution in [3.05, 3.63) is 68.4 Å². The number of fused-ring (bicyclic) bond motifs is 1. The van der Waals surface area contributed by atoms with Crippen LogP contribution in [0.15, 0.2) is 57.1 Å². The smallest absolute Gasteiger partial charge is 0.260 e. The van der Waals surface area contributed by atoms with Crippen molar-refractivity contribution < 1.29 is 0 Å². The molecule has 160 valence electrons. The molecule has 0 unspecified atom stereocenters. The molecule has 1 aliphatic carbocycles. The van der Waals surface area contributed by atoms with Crippen molar-refractivity contribution in [2.75, 3.05) is 0 Å². The molecule has 1 N–H and O–H groups in total. The minimum absolute atomic E-state index is 0.148. The summed E-state index contributed by atoms with van der Waals surface area (Å²) >= 11 is 11.0. The Hall–Kier alpha value is -2.46. The zero-order valence-electron chi connectivity index (χ0n) is 16.6. The Labute approximate surface area is 200 Å². The van der Waals surface area contributed by atoms with E-state index in [1.807, 2.05) is 35.7 Å². The minimum Gasteiger partial charge on any atom is -0.309 e. The van der Waals surface area contributed by atoms with Crippen LogP contribution in [0.1, 0.15) is 24.7 Å². The third-order valence-electron chi connectivity index (χ3n) is 5.31. The quantitative estimate of drug-likeness (QED) is 0.280. The Bertz CT molecular complexity index is 1480. The Balaban J connectivity index is 1.31. The molecule has 0 amide bonds. The summed E-state index contributed by atoms with van der Waals surface area (Å²) in [5, 5.41) is 14.9. The maximum Gasteiger partial charge on any atom is 0.260 e. The molecule has 0 aliphatic heterocycles. The lowest BCUT2D eigenvalue weighted by Gasteiger charge is -2.07. The molecule has 0 radical (unpaired) electrons. The second-order valence-electron chi connectivity index (χ2n) is 7.50. The second-order valence-corrected chi connectivity index (χ2v) is 10.7. The molecule has 0 saturated heterocycles. The lowest BCUT2D eigenvalue weighted by molar-refractivity contribution is 0.669. The zero-order chi connectivity index (χ0) is 21.7. The number of nitrogens with zero attached hydrogens (tertiary/aromatic N) is 4. The molecular formula is C22H16ClN5OS3. The van der Waals surface area contributed by atoms with Crippen LogP contribution in [-0.4, -0.2) is 24.7 Å². The molecule has 0 spiro atoms. The average molecular weight is 498 g/mol. The van der Waals surface area contributed by atoms with Crippen molar-refractivity contribution in [3.63, 3.8) is 0 Å². The molecule has 4 heterocycles. The first-order valence-electron chi connectivity index (χ1n) is 10.1. The number of thioether (sulfide) groups is 1. The summed E-state index contributed by atoms with van der Waals surface area (Å²) < 4.78 is 2.23. The van der Waals surface area contributed by atoms with Gasteiger partial charge >= 0.3 is 0 Å². The van der Waals surface area contributed by atoms with Crippen LogP contribution < -0.4 is 5.56 Å². The number of rotatable bonds is 6. The van der Waals surface area contributed by atoms with Crippen molar-refractivity contribution in [1.29, 1.82) is 0 Å². The molecule has 6 rings (SSSR count). The summed E-state index contributed by atoms with van der Waals surface area (Å²) in [7, 11) is 0. The molecule has 6 nitrogen and oxygen atoms in total. The van der Waals surface area contributed by atoms with Crippen molar-refractivity contribution in [2.24, 2.45) is 0 Å². The second kappa shape index (κ2) is 8.15. The van der Waals surface area contributed by atoms with E-state index in [1.165, 1.54) is 11.3 Å². The number of H-pyrrole nitrogens is 1. The number of nitrogens with one attached hydrogen (secondary N) is 1. The number of hydrogen-bond acceptors (Lipinski definition) is 7. The van der Waals surface area contributed by atoms with Gasteiger partial charge in [0.05, 0.1) is 16.0 Å². The van der Waals surface area contributed by atoms with Crippen molar-refractivity contribution >= 4 is 56.3 Å². The van der Waals surface area contributed by atoms with E-state index in [0.29, 0.717) is 32.9 Å². The molecule has 0 bridgehead atoms. The van der Waals surface area contributed by atoms with Crippen molar-refractivity contribution in [3.8, 4) is 21.8 Å². The fraction of sp³-hybridized carbons (Fsp3) is 0.182. The molecule has 5 aromatic rings. The van der Waals surface area contributed by atoms with E-state index >= 15 is 0 Å². The van der Waals surface area contributed by atoms with Crippen LogP contribution >= 0.6 is 46.0 Å². The van der Waals surface area contributed by atoms with Gasteiger partial charge in [0.15, 0.2) is 11.0 Å². The third-order valence-corrected chi connectivity index (χ3v) is 8.34. The van der Waals surface area contributed by atoms with Gasteiger partial charge in [-0.3, -0.25) is 9.36 Å². The largest absolute Gasteiger partial charge is 0.309 e. The number of aromatic nitrogens is 5. The predicted octanol–water partition coefficient (Wildman–Crippen LogP) is 6.25. The van der Waals surface area contributed by atoms with Crippen LogP contribution in [0, 0.1) is 0 Å². The van der Waals surface area contributed by atoms with E-state index < -0.39 is 0 Å². The van der Waals surface area contributed by atoms with Gasteiger partial charge in [-0.1, -0.05) is 47.6 Å². The van der Waals surface area contributed by atoms with Crippen LogP contribution in [0.25, 0.3) is 32.0 Å². The van der Waals surface area contributed by atoms with Gasteiger partial charge in [-0.15, -0.1) is 32.9 Å². The SMILES string of the molecule is O=c1[nH]c(CSc2nnc(-c3cccs3)n2C2CC2)nc2scc(-c3ccccc3Cl)c12. The van der Waals surface area contributed by atoms with Gasteiger partial charge in [0, 0.05) is 27.6 Å². The molecule has 10 heteroatoms. The van der Waals surface area contributed by atoms with Gasteiger partial charge in [-0.05, 0) is 30.4 Å². The number of hydrogen-bond donors (Lipinski definition) is 1. The molecule has 1 aliphatic rings. The topological polar surface area (TPSA) is 76.5 Å². The van der Waals surface area contributed by atoms with Crippen LogP contribution in [-0.2, 0) is 5.75 Å². The highest BCUT2D eigenvalue weighted by molar-refractivity contribution is 7.98. The van der Waals surface area contributed by atoms with Crippen molar-refractivity contribution in [1.82, 2.24) is 24.7 Å². The molecule has 0 atom stereocenters. The predicted molar refractivity (Wildman–Crippen MR) is 132 cm³/mol. The van der Waals surface area contributed by atoms with E-state index in [-0.39, 0.29) is 5.56 Å². The van der Waals surface area contributed by atoms with Crippen LogP contribution in [0.2, 0.25) is 5.02 Å². The first-order chi connectivity index (χ1) is 15.7. The van der Waals surface area contributed by atoms with Crippen LogP contribution in [0.5, 0.6) is 0 Å². The van der Waals surface area contributed by atoms with Gasteiger partial charge < -0.3 is 4.98 Å². The highest BCUT2D eigenvalue weighted by Crippen LogP contribution is 2.42. The highest BCUT2D eigenvalue weighted by Gasteiger charge is 2.30. The number of aromatic amines is 1. The Morgan fingerprint density at radius 1 is 1.12 bits per heavy atom. The van der Waals surface area contributed by atoms with E-state index in [0.717, 1.165) is 39.8 Å². The summed E-state index contributed by atoms with van der Waals surface area (Å²) in [6.45, 7) is 0. The highest BCUT2D eigenvalue weighted by atomic mass is 35.5. The van der Waals surface area contributed by atoms with Crippen LogP contribution in [0.3, 0.4) is 0 Å². The number of halogens is 1. The standard InChI is InChI=1S/C22H16ClN5OS3/c23-15-5-2-1-4-13(15)14-10-31-21-18(14)20(29)24-17(25-21)11-32-22-27-26-19(16-6-3-9-30-16)28(22)12-7-8-12/h1-6,9-10,12H,7-8,11H2,(H,24,25,29). The Kier molecular flexibility index (Phi) is 5.14. The summed E-state index contributed by atoms with van der Waals surface area (Å²) in [4.78, 5) is 22.5. The van der Waals surface area contributed by atoms with Gasteiger partial charge in [0.2, 0.25) is 0 Å². The third kappa shape index (κ3) is 3.59. The minimum atomic E-state index is -0.148. The van der Waals surface area contributed by atoms with E-state index in [9.17, 15) is 4.79 Å². The summed E-state index contributed by atoms with van der Waals surface area (Å²) in [5.41, 5.74) is 1.51. The van der Waals surface area contributed by atoms with E-state index in [2.05, 4.69) is 31.2 Å². The first kappa shape index (κ1) is 20.2. The van der Waals surface area contributed by atoms with E-state index in [1.54, 1.807) is 23.1 Å².